The molecule has 0 aromatic carbocycles. The number of unbranched alkanes of at least 4 members (excludes halogenated alkanes) is 1. The first-order valence-electron chi connectivity index (χ1n) is 7.01. The lowest BCUT2D eigenvalue weighted by Crippen LogP contribution is -2.41. The van der Waals surface area contributed by atoms with Crippen molar-refractivity contribution in [1.82, 2.24) is 4.98 Å². The molecule has 0 spiro atoms. The molecule has 0 aliphatic heterocycles. The van der Waals surface area contributed by atoms with Gasteiger partial charge in [-0.15, -0.1) is 0 Å². The Morgan fingerprint density at radius 1 is 1.40 bits per heavy atom. The summed E-state index contributed by atoms with van der Waals surface area (Å²) >= 11 is 0. The lowest BCUT2D eigenvalue weighted by atomic mass is 9.97. The van der Waals surface area contributed by atoms with Crippen molar-refractivity contribution < 1.29 is 14.3 Å². The summed E-state index contributed by atoms with van der Waals surface area (Å²) in [6, 6.07) is 3.50. The van der Waals surface area contributed by atoms with Crippen LogP contribution in [0.25, 0.3) is 0 Å². The third kappa shape index (κ3) is 4.49. The van der Waals surface area contributed by atoms with E-state index in [0.29, 0.717) is 24.6 Å². The molecule has 5 nitrogen and oxygen atoms in total. The molecule has 1 atom stereocenters. The molecule has 1 heterocycles. The van der Waals surface area contributed by atoms with Gasteiger partial charge in [-0.05, 0) is 26.3 Å². The number of nitrogens with zero attached hydrogens (tertiary/aromatic N) is 1. The van der Waals surface area contributed by atoms with Crippen molar-refractivity contribution >= 4 is 11.6 Å². The predicted molar refractivity (Wildman–Crippen MR) is 79.0 cm³/mol. The second kappa shape index (κ2) is 7.85. The highest BCUT2D eigenvalue weighted by Gasteiger charge is 2.32. The monoisotopic (exact) mass is 280 g/mol. The third-order valence-electron chi connectivity index (χ3n) is 3.22. The van der Waals surface area contributed by atoms with E-state index in [1.807, 2.05) is 6.92 Å². The van der Waals surface area contributed by atoms with Crippen LogP contribution in [0.2, 0.25) is 0 Å². The molecule has 5 heteroatoms. The number of amides is 1. The Kier molecular flexibility index (Phi) is 6.45. The van der Waals surface area contributed by atoms with Crippen molar-refractivity contribution in [3.8, 4) is 5.88 Å². The highest BCUT2D eigenvalue weighted by molar-refractivity contribution is 5.96. The van der Waals surface area contributed by atoms with E-state index in [-0.39, 0.29) is 5.91 Å². The van der Waals surface area contributed by atoms with E-state index >= 15 is 0 Å². The molecular formula is C15H24N2O3. The Labute approximate surface area is 120 Å². The number of hydrogen-bond donors (Lipinski definition) is 1. The Hall–Kier alpha value is -1.62. The van der Waals surface area contributed by atoms with Crippen LogP contribution in [-0.2, 0) is 9.53 Å². The normalized spacial score (nSPS) is 13.6. The van der Waals surface area contributed by atoms with E-state index in [2.05, 4.69) is 17.2 Å². The number of anilines is 1. The lowest BCUT2D eigenvalue weighted by Gasteiger charge is -2.26. The SMILES string of the molecule is CCCC[C@](C)(OC)C(=O)Nc1ccc(OCC)nc1. The van der Waals surface area contributed by atoms with Crippen LogP contribution in [-0.4, -0.2) is 30.2 Å². The largest absolute Gasteiger partial charge is 0.478 e. The van der Waals surface area contributed by atoms with E-state index in [9.17, 15) is 4.79 Å². The number of methoxy groups -OCH3 is 1. The third-order valence-corrected chi connectivity index (χ3v) is 3.22. The van der Waals surface area contributed by atoms with Gasteiger partial charge < -0.3 is 14.8 Å². The molecule has 0 saturated heterocycles. The zero-order chi connectivity index (χ0) is 15.0. The van der Waals surface area contributed by atoms with Crippen molar-refractivity contribution in [3.63, 3.8) is 0 Å². The highest BCUT2D eigenvalue weighted by Crippen LogP contribution is 2.21. The van der Waals surface area contributed by atoms with Gasteiger partial charge >= 0.3 is 0 Å². The van der Waals surface area contributed by atoms with Gasteiger partial charge in [-0.2, -0.15) is 0 Å². The molecule has 1 rings (SSSR count). The topological polar surface area (TPSA) is 60.5 Å². The minimum absolute atomic E-state index is 0.153. The average Bonchev–Trinajstić information content (AvgIpc) is 2.47. The summed E-state index contributed by atoms with van der Waals surface area (Å²) in [5.74, 6) is 0.394. The Balaban J connectivity index is 2.68. The number of rotatable bonds is 8. The molecule has 0 bridgehead atoms. The molecule has 0 aliphatic carbocycles. The summed E-state index contributed by atoms with van der Waals surface area (Å²) < 4.78 is 10.6. The van der Waals surface area contributed by atoms with E-state index in [1.165, 1.54) is 0 Å². The van der Waals surface area contributed by atoms with Crippen LogP contribution in [0.3, 0.4) is 0 Å². The van der Waals surface area contributed by atoms with Gasteiger partial charge in [-0.1, -0.05) is 19.8 Å². The molecule has 1 aromatic rings. The Morgan fingerprint density at radius 3 is 2.65 bits per heavy atom. The van der Waals surface area contributed by atoms with Crippen LogP contribution in [0.1, 0.15) is 40.0 Å². The summed E-state index contributed by atoms with van der Waals surface area (Å²) in [7, 11) is 1.56. The lowest BCUT2D eigenvalue weighted by molar-refractivity contribution is -0.136. The summed E-state index contributed by atoms with van der Waals surface area (Å²) in [6.07, 6.45) is 4.24. The van der Waals surface area contributed by atoms with E-state index in [0.717, 1.165) is 12.8 Å². The van der Waals surface area contributed by atoms with Crippen LogP contribution in [0.4, 0.5) is 5.69 Å². The molecule has 0 radical (unpaired) electrons. The van der Waals surface area contributed by atoms with Crippen LogP contribution in [0, 0.1) is 0 Å². The van der Waals surface area contributed by atoms with Gasteiger partial charge in [0, 0.05) is 13.2 Å². The van der Waals surface area contributed by atoms with Crippen LogP contribution in [0.15, 0.2) is 18.3 Å². The number of ether oxygens (including phenoxy) is 2. The van der Waals surface area contributed by atoms with Crippen molar-refractivity contribution in [2.45, 2.75) is 45.6 Å². The second-order valence-electron chi connectivity index (χ2n) is 4.81. The Bertz CT molecular complexity index is 420. The van der Waals surface area contributed by atoms with E-state index < -0.39 is 5.60 Å². The minimum Gasteiger partial charge on any atom is -0.478 e. The summed E-state index contributed by atoms with van der Waals surface area (Å²) in [5.41, 5.74) is -0.174. The van der Waals surface area contributed by atoms with Gasteiger partial charge in [0.2, 0.25) is 5.88 Å². The van der Waals surface area contributed by atoms with Crippen LogP contribution >= 0.6 is 0 Å². The number of carbonyl (C=O) groups excluding carboxylic acids is 1. The number of hydrogen-bond acceptors (Lipinski definition) is 4. The standard InChI is InChI=1S/C15H24N2O3/c1-5-7-10-15(3,19-4)14(18)17-12-8-9-13(16-11-12)20-6-2/h8-9,11H,5-7,10H2,1-4H3,(H,17,18)/t15-/m0/s1. The first kappa shape index (κ1) is 16.4. The first-order valence-corrected chi connectivity index (χ1v) is 7.01. The zero-order valence-electron chi connectivity index (χ0n) is 12.7. The predicted octanol–water partition coefficient (Wildman–Crippen LogP) is 3.01. The first-order chi connectivity index (χ1) is 9.55. The molecular weight excluding hydrogens is 256 g/mol. The molecule has 1 N–H and O–H groups in total. The molecule has 1 amide bonds. The summed E-state index contributed by atoms with van der Waals surface area (Å²) in [5, 5.41) is 2.83. The maximum Gasteiger partial charge on any atom is 0.256 e. The number of nitrogens with one attached hydrogen (secondary N) is 1. The molecule has 0 saturated carbocycles. The maximum atomic E-state index is 12.3. The molecule has 0 unspecified atom stereocenters. The summed E-state index contributed by atoms with van der Waals surface area (Å²) in [4.78, 5) is 16.4. The van der Waals surface area contributed by atoms with Gasteiger partial charge in [0.1, 0.15) is 5.60 Å². The van der Waals surface area contributed by atoms with E-state index in [4.69, 9.17) is 9.47 Å². The molecule has 1 aromatic heterocycles. The smallest absolute Gasteiger partial charge is 0.256 e. The second-order valence-corrected chi connectivity index (χ2v) is 4.81. The van der Waals surface area contributed by atoms with Gasteiger partial charge in [-0.3, -0.25) is 4.79 Å². The quantitative estimate of drug-likeness (QED) is 0.795. The van der Waals surface area contributed by atoms with Crippen molar-refractivity contribution in [1.29, 1.82) is 0 Å². The number of carbonyl (C=O) groups is 1. The van der Waals surface area contributed by atoms with Crippen molar-refractivity contribution in [3.05, 3.63) is 18.3 Å². The maximum absolute atomic E-state index is 12.3. The zero-order valence-corrected chi connectivity index (χ0v) is 12.7. The minimum atomic E-state index is -0.811. The fourth-order valence-corrected chi connectivity index (χ4v) is 1.77. The summed E-state index contributed by atoms with van der Waals surface area (Å²) in [6.45, 7) is 6.36. The number of aromatic nitrogens is 1. The van der Waals surface area contributed by atoms with Gasteiger partial charge in [0.15, 0.2) is 0 Å². The van der Waals surface area contributed by atoms with Gasteiger partial charge in [0.25, 0.3) is 5.91 Å². The van der Waals surface area contributed by atoms with E-state index in [1.54, 1.807) is 32.4 Å². The van der Waals surface area contributed by atoms with Crippen molar-refractivity contribution in [2.75, 3.05) is 19.0 Å². The molecule has 20 heavy (non-hydrogen) atoms. The average molecular weight is 280 g/mol. The van der Waals surface area contributed by atoms with Crippen LogP contribution in [0.5, 0.6) is 5.88 Å². The molecule has 112 valence electrons. The number of pyridine rings is 1. The highest BCUT2D eigenvalue weighted by atomic mass is 16.5. The fraction of sp³-hybridized carbons (Fsp3) is 0.600. The van der Waals surface area contributed by atoms with Crippen molar-refractivity contribution in [2.24, 2.45) is 0 Å². The Morgan fingerprint density at radius 2 is 2.15 bits per heavy atom. The molecule has 0 aliphatic rings. The molecule has 0 fully saturated rings. The van der Waals surface area contributed by atoms with Gasteiger partial charge in [-0.25, -0.2) is 4.98 Å². The fourth-order valence-electron chi connectivity index (χ4n) is 1.77. The van der Waals surface area contributed by atoms with Gasteiger partial charge in [0.05, 0.1) is 18.5 Å². The van der Waals surface area contributed by atoms with Crippen LogP contribution < -0.4 is 10.1 Å².